The predicted octanol–water partition coefficient (Wildman–Crippen LogP) is 1.62. The average Bonchev–Trinajstić information content (AvgIpc) is 3.03. The molecule has 0 aliphatic carbocycles. The molecule has 8 nitrogen and oxygen atoms in total. The average molecular weight is 414 g/mol. The molecule has 2 N–H and O–H groups in total. The summed E-state index contributed by atoms with van der Waals surface area (Å²) in [4.78, 5) is 24.1. The second-order valence-corrected chi connectivity index (χ2v) is 8.12. The van der Waals surface area contributed by atoms with E-state index in [1.807, 2.05) is 0 Å². The highest BCUT2D eigenvalue weighted by Gasteiger charge is 2.21. The second kappa shape index (κ2) is 8.55. The summed E-state index contributed by atoms with van der Waals surface area (Å²) in [6, 6.07) is 7.89. The van der Waals surface area contributed by atoms with Crippen molar-refractivity contribution in [2.75, 3.05) is 13.7 Å². The molecule has 0 saturated heterocycles. The van der Waals surface area contributed by atoms with Gasteiger partial charge in [-0.1, -0.05) is 23.7 Å². The van der Waals surface area contributed by atoms with Gasteiger partial charge in [0.1, 0.15) is 10.6 Å². The fourth-order valence-corrected chi connectivity index (χ4v) is 3.25. The minimum atomic E-state index is -3.68. The molecule has 0 bridgehead atoms. The number of carbonyl (C=O) groups excluding carboxylic acids is 2. The number of benzene rings is 1. The largest absolute Gasteiger partial charge is 0.451 e. The summed E-state index contributed by atoms with van der Waals surface area (Å²) in [5.41, 5.74) is 0.866. The first-order valence-corrected chi connectivity index (χ1v) is 9.82. The maximum atomic E-state index is 12.1. The zero-order valence-electron chi connectivity index (χ0n) is 15.0. The zero-order chi connectivity index (χ0) is 20.2. The third kappa shape index (κ3) is 5.31. The quantitative estimate of drug-likeness (QED) is 0.671. The summed E-state index contributed by atoms with van der Waals surface area (Å²) in [6.45, 7) is 1.30. The van der Waals surface area contributed by atoms with Crippen molar-refractivity contribution in [3.8, 4) is 0 Å². The molecule has 1 unspecified atom stereocenters. The number of rotatable bonds is 7. The number of amides is 1. The Morgan fingerprint density at radius 3 is 2.48 bits per heavy atom. The van der Waals surface area contributed by atoms with E-state index in [0.29, 0.717) is 5.02 Å². The van der Waals surface area contributed by atoms with Crippen LogP contribution in [0, 0.1) is 0 Å². The van der Waals surface area contributed by atoms with Crippen LogP contribution >= 0.6 is 11.6 Å². The van der Waals surface area contributed by atoms with Crippen LogP contribution in [0.1, 0.15) is 29.0 Å². The van der Waals surface area contributed by atoms with Gasteiger partial charge in [-0.25, -0.2) is 17.9 Å². The van der Waals surface area contributed by atoms with E-state index in [9.17, 15) is 18.0 Å². The van der Waals surface area contributed by atoms with Gasteiger partial charge in [0.25, 0.3) is 5.91 Å². The van der Waals surface area contributed by atoms with Gasteiger partial charge >= 0.3 is 5.97 Å². The van der Waals surface area contributed by atoms with Gasteiger partial charge in [0.15, 0.2) is 6.61 Å². The third-order valence-electron chi connectivity index (χ3n) is 3.85. The topological polar surface area (TPSA) is 106 Å². The molecular formula is C17H20ClN3O5S. The summed E-state index contributed by atoms with van der Waals surface area (Å²) in [5, 5.41) is 3.29. The van der Waals surface area contributed by atoms with E-state index in [-0.39, 0.29) is 16.6 Å². The summed E-state index contributed by atoms with van der Waals surface area (Å²) in [5.74, 6) is -1.28. The number of aryl methyl sites for hydroxylation is 1. The molecule has 10 heteroatoms. The fraction of sp³-hybridized carbons (Fsp3) is 0.294. The minimum absolute atomic E-state index is 0.0161. The Morgan fingerprint density at radius 1 is 1.26 bits per heavy atom. The number of hydrogen-bond donors (Lipinski definition) is 2. The summed E-state index contributed by atoms with van der Waals surface area (Å²) in [6.07, 6.45) is 1.28. The van der Waals surface area contributed by atoms with E-state index in [1.54, 1.807) is 31.2 Å². The molecular weight excluding hydrogens is 394 g/mol. The molecule has 0 spiro atoms. The van der Waals surface area contributed by atoms with Gasteiger partial charge < -0.3 is 14.6 Å². The molecule has 1 aromatic carbocycles. The molecule has 0 radical (unpaired) electrons. The van der Waals surface area contributed by atoms with Crippen molar-refractivity contribution in [2.45, 2.75) is 17.9 Å². The van der Waals surface area contributed by atoms with Gasteiger partial charge in [0, 0.05) is 18.3 Å². The lowest BCUT2D eigenvalue weighted by Crippen LogP contribution is -2.31. The number of nitrogens with one attached hydrogen (secondary N) is 2. The molecule has 1 heterocycles. The van der Waals surface area contributed by atoms with Crippen LogP contribution in [0.4, 0.5) is 0 Å². The van der Waals surface area contributed by atoms with E-state index in [1.165, 1.54) is 30.9 Å². The van der Waals surface area contributed by atoms with Crippen molar-refractivity contribution in [3.05, 3.63) is 52.8 Å². The van der Waals surface area contributed by atoms with E-state index >= 15 is 0 Å². The molecule has 1 amide bonds. The molecule has 2 rings (SSSR count). The fourth-order valence-electron chi connectivity index (χ4n) is 2.32. The van der Waals surface area contributed by atoms with Crippen molar-refractivity contribution < 1.29 is 22.7 Å². The van der Waals surface area contributed by atoms with Gasteiger partial charge in [-0.3, -0.25) is 4.79 Å². The van der Waals surface area contributed by atoms with Crippen LogP contribution < -0.4 is 10.0 Å². The highest BCUT2D eigenvalue weighted by Crippen LogP contribution is 2.16. The van der Waals surface area contributed by atoms with Crippen LogP contribution in [0.3, 0.4) is 0 Å². The Balaban J connectivity index is 1.95. The molecule has 0 aliphatic rings. The molecule has 0 saturated carbocycles. The van der Waals surface area contributed by atoms with Crippen LogP contribution in [0.2, 0.25) is 5.02 Å². The van der Waals surface area contributed by atoms with Crippen LogP contribution in [0.25, 0.3) is 0 Å². The summed E-state index contributed by atoms with van der Waals surface area (Å²) >= 11 is 5.83. The smallest absolute Gasteiger partial charge is 0.355 e. The molecule has 1 atom stereocenters. The SMILES string of the molecule is CNS(=O)(=O)c1cc(C(=O)OCC(=O)NC(C)c2ccc(Cl)cc2)n(C)c1. The molecule has 2 aromatic rings. The first-order valence-electron chi connectivity index (χ1n) is 7.96. The van der Waals surface area contributed by atoms with Gasteiger partial charge in [-0.2, -0.15) is 0 Å². The monoisotopic (exact) mass is 413 g/mol. The van der Waals surface area contributed by atoms with Crippen LogP contribution in [0.15, 0.2) is 41.4 Å². The Labute approximate surface area is 162 Å². The van der Waals surface area contributed by atoms with Gasteiger partial charge in [0.05, 0.1) is 6.04 Å². The number of hydrogen-bond acceptors (Lipinski definition) is 5. The minimum Gasteiger partial charge on any atom is -0.451 e. The number of aromatic nitrogens is 1. The predicted molar refractivity (Wildman–Crippen MR) is 100.0 cm³/mol. The first-order chi connectivity index (χ1) is 12.6. The van der Waals surface area contributed by atoms with Crippen molar-refractivity contribution in [3.63, 3.8) is 0 Å². The highest BCUT2D eigenvalue weighted by molar-refractivity contribution is 7.89. The lowest BCUT2D eigenvalue weighted by Gasteiger charge is -2.14. The maximum absolute atomic E-state index is 12.1. The highest BCUT2D eigenvalue weighted by atomic mass is 35.5. The maximum Gasteiger partial charge on any atom is 0.355 e. The Morgan fingerprint density at radius 2 is 1.89 bits per heavy atom. The van der Waals surface area contributed by atoms with Crippen molar-refractivity contribution >= 4 is 33.5 Å². The van der Waals surface area contributed by atoms with Crippen LogP contribution in [-0.2, 0) is 26.6 Å². The number of nitrogens with zero attached hydrogens (tertiary/aromatic N) is 1. The lowest BCUT2D eigenvalue weighted by molar-refractivity contribution is -0.124. The first kappa shape index (κ1) is 20.9. The number of halogens is 1. The zero-order valence-corrected chi connectivity index (χ0v) is 16.6. The van der Waals surface area contributed by atoms with Crippen molar-refractivity contribution in [1.29, 1.82) is 0 Å². The number of sulfonamides is 1. The van der Waals surface area contributed by atoms with Crippen LogP contribution in [-0.4, -0.2) is 38.5 Å². The van der Waals surface area contributed by atoms with Gasteiger partial charge in [0.2, 0.25) is 10.0 Å². The van der Waals surface area contributed by atoms with Crippen molar-refractivity contribution in [1.82, 2.24) is 14.6 Å². The Bertz CT molecular complexity index is 938. The summed E-state index contributed by atoms with van der Waals surface area (Å²) < 4.78 is 32.0. The van der Waals surface area contributed by atoms with E-state index in [0.717, 1.165) is 5.56 Å². The van der Waals surface area contributed by atoms with E-state index in [4.69, 9.17) is 16.3 Å². The molecule has 0 aliphatic heterocycles. The Kier molecular flexibility index (Phi) is 6.63. The van der Waals surface area contributed by atoms with Gasteiger partial charge in [-0.05, 0) is 37.7 Å². The molecule has 1 aromatic heterocycles. The standard InChI is InChI=1S/C17H20ClN3O5S/c1-11(12-4-6-13(18)7-5-12)20-16(22)10-26-17(23)15-8-14(9-21(15)3)27(24,25)19-2/h4-9,11,19H,10H2,1-3H3,(H,20,22). The third-order valence-corrected chi connectivity index (χ3v) is 5.48. The molecule has 146 valence electrons. The number of ether oxygens (including phenoxy) is 1. The van der Waals surface area contributed by atoms with Crippen LogP contribution in [0.5, 0.6) is 0 Å². The second-order valence-electron chi connectivity index (χ2n) is 5.80. The lowest BCUT2D eigenvalue weighted by atomic mass is 10.1. The summed E-state index contributed by atoms with van der Waals surface area (Å²) in [7, 11) is -0.903. The van der Waals surface area contributed by atoms with E-state index < -0.39 is 28.5 Å². The number of esters is 1. The van der Waals surface area contributed by atoms with Gasteiger partial charge in [-0.15, -0.1) is 0 Å². The Hall–Kier alpha value is -2.36. The normalized spacial score (nSPS) is 12.4. The van der Waals surface area contributed by atoms with E-state index in [2.05, 4.69) is 10.0 Å². The number of carbonyl (C=O) groups is 2. The molecule has 0 fully saturated rings. The van der Waals surface area contributed by atoms with Crippen molar-refractivity contribution in [2.24, 2.45) is 7.05 Å². The molecule has 27 heavy (non-hydrogen) atoms.